The fourth-order valence-electron chi connectivity index (χ4n) is 2.31. The van der Waals surface area contributed by atoms with Crippen LogP contribution in [0.4, 0.5) is 5.69 Å². The van der Waals surface area contributed by atoms with Crippen molar-refractivity contribution >= 4 is 23.2 Å². The Morgan fingerprint density at radius 3 is 2.91 bits per heavy atom. The number of anilines is 1. The van der Waals surface area contributed by atoms with Gasteiger partial charge in [0.1, 0.15) is 12.4 Å². The Kier molecular flexibility index (Phi) is 4.30. The second-order valence-corrected chi connectivity index (χ2v) is 5.69. The number of halogens is 1. The Bertz CT molecular complexity index is 760. The summed E-state index contributed by atoms with van der Waals surface area (Å²) < 4.78 is 16.5. The number of aryl methyl sites for hydroxylation is 1. The number of carbonyl (C=O) groups excluding carboxylic acids is 1. The number of carbonyl (C=O) groups is 1. The maximum absolute atomic E-state index is 11.3. The average molecular weight is 334 g/mol. The van der Waals surface area contributed by atoms with Crippen molar-refractivity contribution in [2.45, 2.75) is 20.5 Å². The molecule has 0 aliphatic carbocycles. The smallest absolute Gasteiger partial charge is 0.231 e. The van der Waals surface area contributed by atoms with Gasteiger partial charge in [0.05, 0.1) is 10.7 Å². The topological polar surface area (TPSA) is 56.8 Å². The van der Waals surface area contributed by atoms with Crippen molar-refractivity contribution in [3.63, 3.8) is 0 Å². The Balaban J connectivity index is 1.79. The van der Waals surface area contributed by atoms with Gasteiger partial charge in [-0.3, -0.25) is 4.79 Å². The summed E-state index contributed by atoms with van der Waals surface area (Å²) in [5.41, 5.74) is 2.53. The maximum Gasteiger partial charge on any atom is 0.231 e. The average Bonchev–Trinajstić information content (AvgIpc) is 2.96. The van der Waals surface area contributed by atoms with Crippen LogP contribution in [-0.4, -0.2) is 12.7 Å². The Hall–Kier alpha value is -2.40. The van der Waals surface area contributed by atoms with E-state index in [1.165, 1.54) is 6.92 Å². The lowest BCUT2D eigenvalue weighted by molar-refractivity contribution is -0.114. The van der Waals surface area contributed by atoms with E-state index in [0.29, 0.717) is 34.6 Å². The number of amides is 1. The second kappa shape index (κ2) is 6.38. The van der Waals surface area contributed by atoms with Gasteiger partial charge in [-0.1, -0.05) is 17.7 Å². The molecule has 1 aliphatic heterocycles. The van der Waals surface area contributed by atoms with Gasteiger partial charge < -0.3 is 19.5 Å². The molecule has 1 amide bonds. The van der Waals surface area contributed by atoms with E-state index in [1.807, 2.05) is 31.2 Å². The Labute approximate surface area is 139 Å². The molecular weight excluding hydrogens is 318 g/mol. The molecule has 2 aromatic rings. The molecule has 0 radical (unpaired) electrons. The van der Waals surface area contributed by atoms with Crippen molar-refractivity contribution in [1.29, 1.82) is 0 Å². The maximum atomic E-state index is 11.3. The van der Waals surface area contributed by atoms with Crippen LogP contribution in [0.2, 0.25) is 5.02 Å². The number of fused-ring (bicyclic) bond motifs is 1. The van der Waals surface area contributed by atoms with Crippen molar-refractivity contribution < 1.29 is 19.0 Å². The first-order valence-electron chi connectivity index (χ1n) is 7.12. The van der Waals surface area contributed by atoms with E-state index in [2.05, 4.69) is 5.32 Å². The van der Waals surface area contributed by atoms with Gasteiger partial charge in [0.2, 0.25) is 12.7 Å². The van der Waals surface area contributed by atoms with Crippen molar-refractivity contribution in [2.24, 2.45) is 0 Å². The van der Waals surface area contributed by atoms with Crippen LogP contribution in [0, 0.1) is 6.92 Å². The zero-order valence-corrected chi connectivity index (χ0v) is 13.6. The molecule has 0 unspecified atom stereocenters. The van der Waals surface area contributed by atoms with Gasteiger partial charge >= 0.3 is 0 Å². The van der Waals surface area contributed by atoms with E-state index in [4.69, 9.17) is 25.8 Å². The summed E-state index contributed by atoms with van der Waals surface area (Å²) in [6, 6.07) is 9.22. The molecule has 0 fully saturated rings. The summed E-state index contributed by atoms with van der Waals surface area (Å²) in [5, 5.41) is 3.25. The molecule has 0 bridgehead atoms. The summed E-state index contributed by atoms with van der Waals surface area (Å²) in [4.78, 5) is 11.3. The highest BCUT2D eigenvalue weighted by atomic mass is 35.5. The number of nitrogens with one attached hydrogen (secondary N) is 1. The standard InChI is InChI=1S/C17H16ClNO4/c1-10-3-4-14(19-11(2)20)15(5-10)21-8-12-6-13(18)17-16(7-12)22-9-23-17/h3-7H,8-9H2,1-2H3,(H,19,20). The lowest BCUT2D eigenvalue weighted by atomic mass is 10.2. The molecule has 0 saturated heterocycles. The summed E-state index contributed by atoms with van der Waals surface area (Å²) in [7, 11) is 0. The normalized spacial score (nSPS) is 12.1. The molecule has 0 saturated carbocycles. The first kappa shape index (κ1) is 15.5. The van der Waals surface area contributed by atoms with Crippen molar-refractivity contribution in [3.05, 3.63) is 46.5 Å². The van der Waals surface area contributed by atoms with Gasteiger partial charge in [-0.05, 0) is 42.3 Å². The molecule has 23 heavy (non-hydrogen) atoms. The molecule has 1 heterocycles. The lowest BCUT2D eigenvalue weighted by Gasteiger charge is -2.13. The van der Waals surface area contributed by atoms with Crippen LogP contribution in [0.25, 0.3) is 0 Å². The van der Waals surface area contributed by atoms with E-state index < -0.39 is 0 Å². The van der Waals surface area contributed by atoms with Crippen molar-refractivity contribution in [1.82, 2.24) is 0 Å². The quantitative estimate of drug-likeness (QED) is 0.921. The largest absolute Gasteiger partial charge is 0.487 e. The molecule has 6 heteroatoms. The van der Waals surface area contributed by atoms with Gasteiger partial charge in [-0.25, -0.2) is 0 Å². The Morgan fingerprint density at radius 1 is 1.30 bits per heavy atom. The van der Waals surface area contributed by atoms with Crippen LogP contribution >= 0.6 is 11.6 Å². The molecule has 1 N–H and O–H groups in total. The zero-order chi connectivity index (χ0) is 16.4. The third-order valence-electron chi connectivity index (χ3n) is 3.33. The van der Waals surface area contributed by atoms with Crippen molar-refractivity contribution in [2.75, 3.05) is 12.1 Å². The Morgan fingerprint density at radius 2 is 2.13 bits per heavy atom. The van der Waals surface area contributed by atoms with Gasteiger partial charge in [0.15, 0.2) is 11.5 Å². The summed E-state index contributed by atoms with van der Waals surface area (Å²) in [6.07, 6.45) is 0. The van der Waals surface area contributed by atoms with Crippen LogP contribution in [0.1, 0.15) is 18.1 Å². The first-order chi connectivity index (χ1) is 11.0. The van der Waals surface area contributed by atoms with Crippen LogP contribution < -0.4 is 19.5 Å². The molecule has 3 rings (SSSR count). The van der Waals surface area contributed by atoms with E-state index in [1.54, 1.807) is 6.07 Å². The van der Waals surface area contributed by atoms with Crippen LogP contribution in [0.3, 0.4) is 0 Å². The SMILES string of the molecule is CC(=O)Nc1ccc(C)cc1OCc1cc(Cl)c2c(c1)OCO2. The minimum Gasteiger partial charge on any atom is -0.487 e. The first-order valence-corrected chi connectivity index (χ1v) is 7.50. The van der Waals surface area contributed by atoms with Gasteiger partial charge in [-0.15, -0.1) is 0 Å². The molecule has 2 aromatic carbocycles. The minimum atomic E-state index is -0.148. The molecule has 0 atom stereocenters. The number of hydrogen-bond donors (Lipinski definition) is 1. The van der Waals surface area contributed by atoms with E-state index in [9.17, 15) is 4.79 Å². The predicted molar refractivity (Wildman–Crippen MR) is 87.4 cm³/mol. The van der Waals surface area contributed by atoms with Gasteiger partial charge in [0, 0.05) is 6.92 Å². The molecule has 0 aromatic heterocycles. The van der Waals surface area contributed by atoms with Crippen LogP contribution in [-0.2, 0) is 11.4 Å². The third-order valence-corrected chi connectivity index (χ3v) is 3.61. The highest BCUT2D eigenvalue weighted by molar-refractivity contribution is 6.32. The molecular formula is C17H16ClNO4. The monoisotopic (exact) mass is 333 g/mol. The van der Waals surface area contributed by atoms with E-state index >= 15 is 0 Å². The van der Waals surface area contributed by atoms with Crippen LogP contribution in [0.15, 0.2) is 30.3 Å². The second-order valence-electron chi connectivity index (χ2n) is 5.28. The molecule has 120 valence electrons. The molecule has 0 spiro atoms. The van der Waals surface area contributed by atoms with Gasteiger partial charge in [-0.2, -0.15) is 0 Å². The number of hydrogen-bond acceptors (Lipinski definition) is 4. The van der Waals surface area contributed by atoms with Crippen LogP contribution in [0.5, 0.6) is 17.2 Å². The molecule has 5 nitrogen and oxygen atoms in total. The summed E-state index contributed by atoms with van der Waals surface area (Å²) in [5.74, 6) is 1.63. The zero-order valence-electron chi connectivity index (χ0n) is 12.8. The summed E-state index contributed by atoms with van der Waals surface area (Å²) in [6.45, 7) is 3.89. The van der Waals surface area contributed by atoms with Crippen molar-refractivity contribution in [3.8, 4) is 17.2 Å². The third kappa shape index (κ3) is 3.51. The highest BCUT2D eigenvalue weighted by Crippen LogP contribution is 2.40. The number of rotatable bonds is 4. The number of benzene rings is 2. The summed E-state index contributed by atoms with van der Waals surface area (Å²) >= 11 is 6.16. The predicted octanol–water partition coefficient (Wildman–Crippen LogP) is 3.91. The van der Waals surface area contributed by atoms with Gasteiger partial charge in [0.25, 0.3) is 0 Å². The highest BCUT2D eigenvalue weighted by Gasteiger charge is 2.18. The number of ether oxygens (including phenoxy) is 3. The van der Waals surface area contributed by atoms with E-state index in [0.717, 1.165) is 11.1 Å². The minimum absolute atomic E-state index is 0.148. The molecule has 1 aliphatic rings. The fourth-order valence-corrected chi connectivity index (χ4v) is 2.59. The lowest BCUT2D eigenvalue weighted by Crippen LogP contribution is -2.08. The fraction of sp³-hybridized carbons (Fsp3) is 0.235. The van der Waals surface area contributed by atoms with E-state index in [-0.39, 0.29) is 12.7 Å².